The summed E-state index contributed by atoms with van der Waals surface area (Å²) < 4.78 is 29.9. The molecule has 0 saturated heterocycles. The largest absolute Gasteiger partial charge is 0.465 e. The number of hydrogen-bond donors (Lipinski definition) is 1. The fourth-order valence-electron chi connectivity index (χ4n) is 1.25. The molecule has 0 bridgehead atoms. The summed E-state index contributed by atoms with van der Waals surface area (Å²) in [5.74, 6) is -0.999. The van der Waals surface area contributed by atoms with Crippen LogP contribution in [0.2, 0.25) is 0 Å². The van der Waals surface area contributed by atoms with Gasteiger partial charge in [-0.25, -0.2) is 18.6 Å². The van der Waals surface area contributed by atoms with Crippen molar-refractivity contribution in [2.75, 3.05) is 12.8 Å². The smallest absolute Gasteiger partial charge is 0.339 e. The lowest BCUT2D eigenvalue weighted by Crippen LogP contribution is -2.11. The van der Waals surface area contributed by atoms with Crippen LogP contribution >= 0.6 is 15.9 Å². The number of methoxy groups -OCH3 is 1. The number of nitrogen functional groups attached to an aromatic ring is 1. The van der Waals surface area contributed by atoms with Gasteiger partial charge in [0, 0.05) is 11.5 Å². The van der Waals surface area contributed by atoms with E-state index in [1.54, 1.807) is 0 Å². The molecule has 1 heterocycles. The van der Waals surface area contributed by atoms with Crippen molar-refractivity contribution in [3.05, 3.63) is 22.9 Å². The van der Waals surface area contributed by atoms with Gasteiger partial charge in [-0.3, -0.25) is 0 Å². The third kappa shape index (κ3) is 2.29. The van der Waals surface area contributed by atoms with Crippen molar-refractivity contribution >= 4 is 27.7 Å². The van der Waals surface area contributed by atoms with Crippen LogP contribution in [-0.4, -0.2) is 18.1 Å². The highest BCUT2D eigenvalue weighted by Gasteiger charge is 2.23. The molecule has 1 aromatic rings. The van der Waals surface area contributed by atoms with Crippen LogP contribution in [0.5, 0.6) is 0 Å². The summed E-state index contributed by atoms with van der Waals surface area (Å²) in [6, 6.07) is 0. The Balaban J connectivity index is 3.42. The molecular formula is C9H9BrF2N2O2. The van der Waals surface area contributed by atoms with Crippen molar-refractivity contribution in [2.24, 2.45) is 0 Å². The van der Waals surface area contributed by atoms with Crippen molar-refractivity contribution in [1.82, 2.24) is 4.98 Å². The molecule has 0 aliphatic carbocycles. The van der Waals surface area contributed by atoms with Crippen molar-refractivity contribution in [1.29, 1.82) is 0 Å². The lowest BCUT2D eigenvalue weighted by Gasteiger charge is -2.12. The van der Waals surface area contributed by atoms with Crippen molar-refractivity contribution in [3.8, 4) is 0 Å². The zero-order chi connectivity index (χ0) is 12.3. The van der Waals surface area contributed by atoms with E-state index in [1.165, 1.54) is 7.11 Å². The minimum atomic E-state index is -2.79. The second kappa shape index (κ2) is 5.20. The Morgan fingerprint density at radius 2 is 2.31 bits per heavy atom. The predicted molar refractivity (Wildman–Crippen MR) is 57.6 cm³/mol. The molecule has 7 heteroatoms. The topological polar surface area (TPSA) is 65.2 Å². The van der Waals surface area contributed by atoms with E-state index in [9.17, 15) is 13.6 Å². The molecule has 0 aromatic carbocycles. The van der Waals surface area contributed by atoms with E-state index in [1.807, 2.05) is 0 Å². The highest BCUT2D eigenvalue weighted by molar-refractivity contribution is 9.08. The van der Waals surface area contributed by atoms with Gasteiger partial charge in [-0.1, -0.05) is 15.9 Å². The van der Waals surface area contributed by atoms with E-state index < -0.39 is 18.0 Å². The second-order valence-corrected chi connectivity index (χ2v) is 3.44. The number of carbonyl (C=O) groups excluding carboxylic acids is 1. The third-order valence-corrected chi connectivity index (χ3v) is 2.58. The van der Waals surface area contributed by atoms with Crippen LogP contribution < -0.4 is 5.73 Å². The maximum atomic E-state index is 12.7. The minimum absolute atomic E-state index is 0.0103. The molecule has 16 heavy (non-hydrogen) atoms. The SMILES string of the molecule is COC(=O)c1cnc(N)c(C(F)F)c1CBr. The average Bonchev–Trinajstić information content (AvgIpc) is 2.26. The maximum absolute atomic E-state index is 12.7. The summed E-state index contributed by atoms with van der Waals surface area (Å²) in [5.41, 5.74) is 5.01. The van der Waals surface area contributed by atoms with Gasteiger partial charge in [0.15, 0.2) is 0 Å². The first-order valence-corrected chi connectivity index (χ1v) is 5.34. The molecule has 0 amide bonds. The molecule has 0 unspecified atom stereocenters. The number of ether oxygens (including phenoxy) is 1. The average molecular weight is 295 g/mol. The van der Waals surface area contributed by atoms with Crippen LogP contribution in [0, 0.1) is 0 Å². The van der Waals surface area contributed by atoms with Crippen molar-refractivity contribution in [2.45, 2.75) is 11.8 Å². The molecule has 1 rings (SSSR count). The Kier molecular flexibility index (Phi) is 4.17. The lowest BCUT2D eigenvalue weighted by atomic mass is 10.1. The van der Waals surface area contributed by atoms with E-state index in [0.29, 0.717) is 0 Å². The first-order valence-electron chi connectivity index (χ1n) is 4.22. The standard InChI is InChI=1S/C9H9BrF2N2O2/c1-16-9(15)5-3-14-8(13)6(7(11)12)4(5)2-10/h3,7H,2H2,1H3,(H2,13,14). The maximum Gasteiger partial charge on any atom is 0.339 e. The number of nitrogens with zero attached hydrogens (tertiary/aromatic N) is 1. The molecule has 2 N–H and O–H groups in total. The normalized spacial score (nSPS) is 10.6. The van der Waals surface area contributed by atoms with Gasteiger partial charge in [0.25, 0.3) is 6.43 Å². The van der Waals surface area contributed by atoms with Gasteiger partial charge in [0.1, 0.15) is 5.82 Å². The van der Waals surface area contributed by atoms with Gasteiger partial charge >= 0.3 is 5.97 Å². The van der Waals surface area contributed by atoms with Crippen LogP contribution in [0.1, 0.15) is 27.9 Å². The van der Waals surface area contributed by atoms with Gasteiger partial charge in [0.2, 0.25) is 0 Å². The molecule has 1 aromatic heterocycles. The fourth-order valence-corrected chi connectivity index (χ4v) is 1.86. The molecule has 4 nitrogen and oxygen atoms in total. The summed E-state index contributed by atoms with van der Waals surface area (Å²) in [4.78, 5) is 14.9. The van der Waals surface area contributed by atoms with Gasteiger partial charge in [-0.2, -0.15) is 0 Å². The summed E-state index contributed by atoms with van der Waals surface area (Å²) in [6.45, 7) is 0. The number of hydrogen-bond acceptors (Lipinski definition) is 4. The Hall–Kier alpha value is -1.24. The van der Waals surface area contributed by atoms with Gasteiger partial charge in [-0.05, 0) is 5.56 Å². The van der Waals surface area contributed by atoms with Crippen LogP contribution in [0.3, 0.4) is 0 Å². The number of aromatic nitrogens is 1. The first-order chi connectivity index (χ1) is 7.52. The number of nitrogens with two attached hydrogens (primary N) is 1. The van der Waals surface area contributed by atoms with E-state index in [0.717, 1.165) is 6.20 Å². The Morgan fingerprint density at radius 1 is 1.69 bits per heavy atom. The van der Waals surface area contributed by atoms with Gasteiger partial charge in [0.05, 0.1) is 18.2 Å². The highest BCUT2D eigenvalue weighted by Crippen LogP contribution is 2.31. The number of anilines is 1. The summed E-state index contributed by atoms with van der Waals surface area (Å²) >= 11 is 3.03. The molecule has 0 aliphatic rings. The molecule has 0 spiro atoms. The first kappa shape index (κ1) is 12.8. The fraction of sp³-hybridized carbons (Fsp3) is 0.333. The molecule has 0 atom stereocenters. The van der Waals surface area contributed by atoms with Crippen LogP contribution in [0.4, 0.5) is 14.6 Å². The van der Waals surface area contributed by atoms with Crippen LogP contribution in [0.25, 0.3) is 0 Å². The number of carbonyl (C=O) groups is 1. The molecule has 0 radical (unpaired) electrons. The Bertz CT molecular complexity index is 413. The second-order valence-electron chi connectivity index (χ2n) is 2.88. The monoisotopic (exact) mass is 294 g/mol. The van der Waals surface area contributed by atoms with Crippen molar-refractivity contribution in [3.63, 3.8) is 0 Å². The summed E-state index contributed by atoms with van der Waals surface area (Å²) in [7, 11) is 1.17. The predicted octanol–water partition coefficient (Wildman–Crippen LogP) is 2.28. The number of halogens is 3. The van der Waals surface area contributed by atoms with E-state index in [2.05, 4.69) is 25.7 Å². The van der Waals surface area contributed by atoms with Crippen LogP contribution in [-0.2, 0) is 10.1 Å². The number of esters is 1. The number of pyridine rings is 1. The zero-order valence-corrected chi connectivity index (χ0v) is 9.92. The number of alkyl halides is 3. The quantitative estimate of drug-likeness (QED) is 0.686. The van der Waals surface area contributed by atoms with Gasteiger partial charge in [-0.15, -0.1) is 0 Å². The Morgan fingerprint density at radius 3 is 2.75 bits per heavy atom. The van der Waals surface area contributed by atoms with Crippen LogP contribution in [0.15, 0.2) is 6.20 Å². The Labute approximate surface area is 98.9 Å². The van der Waals surface area contributed by atoms with E-state index in [-0.39, 0.29) is 22.3 Å². The zero-order valence-electron chi connectivity index (χ0n) is 8.34. The highest BCUT2D eigenvalue weighted by atomic mass is 79.9. The van der Waals surface area contributed by atoms with E-state index >= 15 is 0 Å². The summed E-state index contributed by atoms with van der Waals surface area (Å²) in [5, 5.41) is 0.0732. The lowest BCUT2D eigenvalue weighted by molar-refractivity contribution is 0.0599. The van der Waals surface area contributed by atoms with Gasteiger partial charge < -0.3 is 10.5 Å². The molecular weight excluding hydrogens is 286 g/mol. The number of rotatable bonds is 3. The summed E-state index contributed by atoms with van der Waals surface area (Å²) in [6.07, 6.45) is -1.66. The minimum Gasteiger partial charge on any atom is -0.465 e. The molecule has 0 fully saturated rings. The van der Waals surface area contributed by atoms with E-state index in [4.69, 9.17) is 5.73 Å². The van der Waals surface area contributed by atoms with Crippen molar-refractivity contribution < 1.29 is 18.3 Å². The third-order valence-electron chi connectivity index (χ3n) is 2.02. The molecule has 0 aliphatic heterocycles. The molecule has 0 saturated carbocycles. The molecule has 88 valence electrons.